The zero-order chi connectivity index (χ0) is 13.9. The molecule has 2 nitrogen and oxygen atoms in total. The van der Waals surface area contributed by atoms with E-state index in [1.807, 2.05) is 0 Å². The number of rotatable bonds is 3. The van der Waals surface area contributed by atoms with E-state index in [1.54, 1.807) is 7.11 Å². The van der Waals surface area contributed by atoms with E-state index in [-0.39, 0.29) is 0 Å². The lowest BCUT2D eigenvalue weighted by Crippen LogP contribution is -2.31. The molecular weight excluding hydrogens is 246 g/mol. The van der Waals surface area contributed by atoms with Crippen molar-refractivity contribution in [3.63, 3.8) is 0 Å². The molecular formula is C18H27NO. The molecule has 110 valence electrons. The van der Waals surface area contributed by atoms with Crippen molar-refractivity contribution in [1.29, 1.82) is 0 Å². The summed E-state index contributed by atoms with van der Waals surface area (Å²) in [5.74, 6) is 1.91. The summed E-state index contributed by atoms with van der Waals surface area (Å²) < 4.78 is 5.38. The molecule has 3 rings (SSSR count). The molecule has 1 saturated carbocycles. The number of methoxy groups -OCH3 is 1. The molecule has 2 aliphatic carbocycles. The van der Waals surface area contributed by atoms with Gasteiger partial charge in [0.1, 0.15) is 5.75 Å². The van der Waals surface area contributed by atoms with Crippen LogP contribution in [0.4, 0.5) is 0 Å². The van der Waals surface area contributed by atoms with E-state index in [0.717, 1.165) is 11.7 Å². The van der Waals surface area contributed by atoms with E-state index >= 15 is 0 Å². The molecule has 1 aromatic carbocycles. The van der Waals surface area contributed by atoms with E-state index in [4.69, 9.17) is 4.74 Å². The third kappa shape index (κ3) is 3.01. The van der Waals surface area contributed by atoms with Gasteiger partial charge in [-0.15, -0.1) is 0 Å². The molecule has 1 fully saturated rings. The van der Waals surface area contributed by atoms with Gasteiger partial charge in [0.25, 0.3) is 0 Å². The van der Waals surface area contributed by atoms with Gasteiger partial charge < -0.3 is 10.1 Å². The molecule has 2 heteroatoms. The van der Waals surface area contributed by atoms with Crippen molar-refractivity contribution in [3.8, 4) is 5.75 Å². The standard InChI is InChI=1S/C18H27NO/c1-13-4-3-5-15(9-6-13)19-18-11-8-14-7-10-16(20-2)12-17(14)18/h7,10,12-13,15,18-19H,3-6,8-9,11H2,1-2H3. The Morgan fingerprint density at radius 2 is 2.00 bits per heavy atom. The van der Waals surface area contributed by atoms with Crippen LogP contribution >= 0.6 is 0 Å². The number of hydrogen-bond acceptors (Lipinski definition) is 2. The lowest BCUT2D eigenvalue weighted by molar-refractivity contribution is 0.389. The Morgan fingerprint density at radius 1 is 1.10 bits per heavy atom. The molecule has 1 aromatic rings. The maximum Gasteiger partial charge on any atom is 0.119 e. The number of ether oxygens (including phenoxy) is 1. The van der Waals surface area contributed by atoms with Gasteiger partial charge in [0.05, 0.1) is 7.11 Å². The van der Waals surface area contributed by atoms with Gasteiger partial charge in [0.2, 0.25) is 0 Å². The molecule has 3 unspecified atom stereocenters. The van der Waals surface area contributed by atoms with Gasteiger partial charge in [-0.3, -0.25) is 0 Å². The summed E-state index contributed by atoms with van der Waals surface area (Å²) in [6.45, 7) is 2.40. The van der Waals surface area contributed by atoms with Gasteiger partial charge >= 0.3 is 0 Å². The van der Waals surface area contributed by atoms with Gasteiger partial charge in [0, 0.05) is 12.1 Å². The van der Waals surface area contributed by atoms with Gasteiger partial charge in [0.15, 0.2) is 0 Å². The third-order valence-electron chi connectivity index (χ3n) is 5.13. The average Bonchev–Trinajstić information content (AvgIpc) is 2.74. The predicted octanol–water partition coefficient (Wildman–Crippen LogP) is 4.24. The molecule has 0 saturated heterocycles. The summed E-state index contributed by atoms with van der Waals surface area (Å²) in [4.78, 5) is 0. The summed E-state index contributed by atoms with van der Waals surface area (Å²) in [7, 11) is 1.76. The maximum atomic E-state index is 5.38. The Kier molecular flexibility index (Phi) is 4.30. The first kappa shape index (κ1) is 13.9. The molecule has 3 atom stereocenters. The summed E-state index contributed by atoms with van der Waals surface area (Å²) in [6, 6.07) is 7.82. The van der Waals surface area contributed by atoms with Crippen LogP contribution < -0.4 is 10.1 Å². The zero-order valence-corrected chi connectivity index (χ0v) is 12.8. The first-order chi connectivity index (χ1) is 9.76. The van der Waals surface area contributed by atoms with E-state index in [0.29, 0.717) is 12.1 Å². The highest BCUT2D eigenvalue weighted by atomic mass is 16.5. The second-order valence-electron chi connectivity index (χ2n) is 6.63. The largest absolute Gasteiger partial charge is 0.497 e. The van der Waals surface area contributed by atoms with Gasteiger partial charge in [-0.2, -0.15) is 0 Å². The fraction of sp³-hybridized carbons (Fsp3) is 0.667. The predicted molar refractivity (Wildman–Crippen MR) is 83.2 cm³/mol. The maximum absolute atomic E-state index is 5.38. The number of benzene rings is 1. The Hall–Kier alpha value is -1.02. The SMILES string of the molecule is COc1ccc2c(c1)C(NC1CCCC(C)CC1)CC2. The fourth-order valence-corrected chi connectivity index (χ4v) is 3.82. The van der Waals surface area contributed by atoms with Gasteiger partial charge in [-0.25, -0.2) is 0 Å². The first-order valence-electron chi connectivity index (χ1n) is 8.19. The van der Waals surface area contributed by atoms with Crippen LogP contribution in [0.2, 0.25) is 0 Å². The second kappa shape index (κ2) is 6.17. The minimum Gasteiger partial charge on any atom is -0.497 e. The van der Waals surface area contributed by atoms with Crippen LogP contribution in [0.5, 0.6) is 5.75 Å². The van der Waals surface area contributed by atoms with Gasteiger partial charge in [-0.05, 0) is 61.3 Å². The lowest BCUT2D eigenvalue weighted by Gasteiger charge is -2.22. The van der Waals surface area contributed by atoms with Crippen LogP contribution in [0.3, 0.4) is 0 Å². The molecule has 0 spiro atoms. The minimum atomic E-state index is 0.540. The molecule has 20 heavy (non-hydrogen) atoms. The smallest absolute Gasteiger partial charge is 0.119 e. The molecule has 0 aromatic heterocycles. The zero-order valence-electron chi connectivity index (χ0n) is 12.8. The number of fused-ring (bicyclic) bond motifs is 1. The van der Waals surface area contributed by atoms with Crippen molar-refractivity contribution in [2.45, 2.75) is 64.0 Å². The van der Waals surface area contributed by atoms with Crippen LogP contribution in [-0.4, -0.2) is 13.2 Å². The highest BCUT2D eigenvalue weighted by Gasteiger charge is 2.26. The molecule has 0 radical (unpaired) electrons. The summed E-state index contributed by atoms with van der Waals surface area (Å²) in [6.07, 6.45) is 9.32. The van der Waals surface area contributed by atoms with Crippen molar-refractivity contribution < 1.29 is 4.74 Å². The summed E-state index contributed by atoms with van der Waals surface area (Å²) >= 11 is 0. The number of nitrogens with one attached hydrogen (secondary N) is 1. The normalized spacial score (nSPS) is 29.8. The lowest BCUT2D eigenvalue weighted by atomic mass is 10.0. The fourth-order valence-electron chi connectivity index (χ4n) is 3.82. The van der Waals surface area contributed by atoms with Crippen LogP contribution in [0, 0.1) is 5.92 Å². The van der Waals surface area contributed by atoms with Crippen LogP contribution in [0.25, 0.3) is 0 Å². The van der Waals surface area contributed by atoms with E-state index < -0.39 is 0 Å². The highest BCUT2D eigenvalue weighted by Crippen LogP contribution is 2.35. The van der Waals surface area contributed by atoms with Crippen LogP contribution in [-0.2, 0) is 6.42 Å². The Labute approximate surface area is 122 Å². The van der Waals surface area contributed by atoms with Crippen LogP contribution in [0.1, 0.15) is 62.6 Å². The molecule has 0 bridgehead atoms. The van der Waals surface area contributed by atoms with Crippen molar-refractivity contribution in [2.24, 2.45) is 5.92 Å². The molecule has 2 aliphatic rings. The van der Waals surface area contributed by atoms with Crippen LogP contribution in [0.15, 0.2) is 18.2 Å². The van der Waals surface area contributed by atoms with E-state index in [1.165, 1.54) is 56.1 Å². The highest BCUT2D eigenvalue weighted by molar-refractivity contribution is 5.40. The number of aryl methyl sites for hydroxylation is 1. The first-order valence-corrected chi connectivity index (χ1v) is 8.19. The third-order valence-corrected chi connectivity index (χ3v) is 5.13. The van der Waals surface area contributed by atoms with E-state index in [9.17, 15) is 0 Å². The minimum absolute atomic E-state index is 0.540. The number of hydrogen-bond donors (Lipinski definition) is 1. The topological polar surface area (TPSA) is 21.3 Å². The molecule has 0 amide bonds. The Balaban J connectivity index is 1.68. The molecule has 1 N–H and O–H groups in total. The molecule has 0 heterocycles. The van der Waals surface area contributed by atoms with Crippen molar-refractivity contribution >= 4 is 0 Å². The monoisotopic (exact) mass is 273 g/mol. The van der Waals surface area contributed by atoms with Crippen molar-refractivity contribution in [2.75, 3.05) is 7.11 Å². The van der Waals surface area contributed by atoms with Crippen molar-refractivity contribution in [3.05, 3.63) is 29.3 Å². The average molecular weight is 273 g/mol. The summed E-state index contributed by atoms with van der Waals surface area (Å²) in [5, 5.41) is 3.93. The summed E-state index contributed by atoms with van der Waals surface area (Å²) in [5.41, 5.74) is 2.98. The molecule has 0 aliphatic heterocycles. The Morgan fingerprint density at radius 3 is 2.85 bits per heavy atom. The van der Waals surface area contributed by atoms with Gasteiger partial charge in [-0.1, -0.05) is 25.8 Å². The Bertz CT molecular complexity index is 457. The quantitative estimate of drug-likeness (QED) is 0.832. The van der Waals surface area contributed by atoms with E-state index in [2.05, 4.69) is 30.4 Å². The second-order valence-corrected chi connectivity index (χ2v) is 6.63. The van der Waals surface area contributed by atoms with Crippen molar-refractivity contribution in [1.82, 2.24) is 5.32 Å².